The minimum absolute atomic E-state index is 0.131. The Hall–Kier alpha value is -2.19. The molecular weight excluding hydrogens is 373 g/mol. The van der Waals surface area contributed by atoms with Crippen molar-refractivity contribution in [3.05, 3.63) is 68.2 Å². The van der Waals surface area contributed by atoms with E-state index >= 15 is 0 Å². The van der Waals surface area contributed by atoms with Crippen LogP contribution in [0.4, 0.5) is 0 Å². The van der Waals surface area contributed by atoms with Gasteiger partial charge >= 0.3 is 5.97 Å². The molecule has 122 valence electrons. The quantitative estimate of drug-likeness (QED) is 0.437. The molecule has 2 aromatic carbocycles. The fourth-order valence-corrected chi connectivity index (χ4v) is 2.48. The van der Waals surface area contributed by atoms with Gasteiger partial charge in [-0.3, -0.25) is 0 Å². The first-order valence-corrected chi connectivity index (χ1v) is 7.76. The molecule has 4 nitrogen and oxygen atoms in total. The minimum Gasteiger partial charge on any atom is -0.489 e. The molecule has 0 fully saturated rings. The van der Waals surface area contributed by atoms with Gasteiger partial charge in [0.15, 0.2) is 0 Å². The van der Waals surface area contributed by atoms with Crippen LogP contribution in [0.1, 0.15) is 11.1 Å². The molecule has 0 aliphatic heterocycles. The van der Waals surface area contributed by atoms with Crippen LogP contribution in [0.15, 0.2) is 42.0 Å². The SMILES string of the molecule is N#CC(=Cc1ccc(OCc2c(Cl)ccc(Cl)c2Cl)cc1)C(=O)O. The molecule has 24 heavy (non-hydrogen) atoms. The zero-order valence-electron chi connectivity index (χ0n) is 12.1. The number of hydrogen-bond donors (Lipinski definition) is 1. The lowest BCUT2D eigenvalue weighted by Gasteiger charge is -2.10. The van der Waals surface area contributed by atoms with E-state index in [0.29, 0.717) is 31.9 Å². The van der Waals surface area contributed by atoms with Gasteiger partial charge in [-0.2, -0.15) is 5.26 Å². The molecule has 0 radical (unpaired) electrons. The van der Waals surface area contributed by atoms with E-state index in [2.05, 4.69) is 0 Å². The molecule has 1 N–H and O–H groups in total. The zero-order chi connectivity index (χ0) is 17.7. The molecule has 0 bridgehead atoms. The number of nitriles is 1. The summed E-state index contributed by atoms with van der Waals surface area (Å²) in [6.45, 7) is 0.131. The van der Waals surface area contributed by atoms with Crippen molar-refractivity contribution in [3.8, 4) is 11.8 Å². The van der Waals surface area contributed by atoms with Crippen molar-refractivity contribution in [2.45, 2.75) is 6.61 Å². The average molecular weight is 383 g/mol. The van der Waals surface area contributed by atoms with E-state index in [0.717, 1.165) is 0 Å². The van der Waals surface area contributed by atoms with Gasteiger partial charge in [0.05, 0.1) is 10.0 Å². The van der Waals surface area contributed by atoms with Crippen molar-refractivity contribution in [2.75, 3.05) is 0 Å². The second kappa shape index (κ2) is 8.07. The molecule has 0 atom stereocenters. The van der Waals surface area contributed by atoms with Crippen LogP contribution in [-0.4, -0.2) is 11.1 Å². The van der Waals surface area contributed by atoms with Gasteiger partial charge in [-0.15, -0.1) is 0 Å². The summed E-state index contributed by atoms with van der Waals surface area (Å²) in [5.74, 6) is -0.740. The van der Waals surface area contributed by atoms with Gasteiger partial charge in [-0.05, 0) is 35.9 Å². The molecule has 7 heteroatoms. The van der Waals surface area contributed by atoms with E-state index in [4.69, 9.17) is 49.9 Å². The molecule has 0 aromatic heterocycles. The van der Waals surface area contributed by atoms with Gasteiger partial charge < -0.3 is 9.84 Å². The molecule has 0 saturated carbocycles. The number of rotatable bonds is 5. The van der Waals surface area contributed by atoms with Crippen LogP contribution in [-0.2, 0) is 11.4 Å². The second-order valence-corrected chi connectivity index (χ2v) is 5.85. The summed E-state index contributed by atoms with van der Waals surface area (Å²) in [6.07, 6.45) is 1.27. The summed E-state index contributed by atoms with van der Waals surface area (Å²) in [7, 11) is 0. The summed E-state index contributed by atoms with van der Waals surface area (Å²) < 4.78 is 5.61. The van der Waals surface area contributed by atoms with Crippen LogP contribution in [0.3, 0.4) is 0 Å². The number of carbonyl (C=O) groups is 1. The normalized spacial score (nSPS) is 11.0. The van der Waals surface area contributed by atoms with Gasteiger partial charge in [0, 0.05) is 10.6 Å². The number of nitrogens with zero attached hydrogens (tertiary/aromatic N) is 1. The summed E-state index contributed by atoms with van der Waals surface area (Å²) in [5.41, 5.74) is 0.800. The van der Waals surface area contributed by atoms with E-state index in [-0.39, 0.29) is 12.2 Å². The van der Waals surface area contributed by atoms with Crippen molar-refractivity contribution < 1.29 is 14.6 Å². The van der Waals surface area contributed by atoms with Gasteiger partial charge in [-0.25, -0.2) is 4.79 Å². The summed E-state index contributed by atoms with van der Waals surface area (Å²) in [6, 6.07) is 11.4. The number of carboxylic acids is 1. The van der Waals surface area contributed by atoms with Crippen LogP contribution in [0.5, 0.6) is 5.75 Å². The predicted molar refractivity (Wildman–Crippen MR) is 93.5 cm³/mol. The minimum atomic E-state index is -1.27. The van der Waals surface area contributed by atoms with E-state index in [1.165, 1.54) is 6.08 Å². The molecule has 0 amide bonds. The molecule has 0 unspecified atom stereocenters. The molecular formula is C17H10Cl3NO3. The van der Waals surface area contributed by atoms with Crippen LogP contribution in [0, 0.1) is 11.3 Å². The molecule has 0 heterocycles. The second-order valence-electron chi connectivity index (χ2n) is 4.65. The highest BCUT2D eigenvalue weighted by atomic mass is 35.5. The maximum atomic E-state index is 10.8. The monoisotopic (exact) mass is 381 g/mol. The lowest BCUT2D eigenvalue weighted by atomic mass is 10.1. The Morgan fingerprint density at radius 2 is 1.75 bits per heavy atom. The summed E-state index contributed by atoms with van der Waals surface area (Å²) >= 11 is 18.1. The third-order valence-electron chi connectivity index (χ3n) is 3.06. The Morgan fingerprint density at radius 1 is 1.12 bits per heavy atom. The number of aliphatic carboxylic acids is 1. The van der Waals surface area contributed by atoms with Crippen LogP contribution < -0.4 is 4.74 Å². The van der Waals surface area contributed by atoms with Gasteiger partial charge in [-0.1, -0.05) is 46.9 Å². The lowest BCUT2D eigenvalue weighted by Crippen LogP contribution is -1.98. The average Bonchev–Trinajstić information content (AvgIpc) is 2.57. The van der Waals surface area contributed by atoms with Crippen molar-refractivity contribution in [3.63, 3.8) is 0 Å². The van der Waals surface area contributed by atoms with Crippen LogP contribution in [0.25, 0.3) is 6.08 Å². The standard InChI is InChI=1S/C17H10Cl3NO3/c18-14-5-6-15(19)16(20)13(14)9-24-12-3-1-10(2-4-12)7-11(8-21)17(22)23/h1-7H,9H2,(H,22,23). The number of carboxylic acid groups (broad SMARTS) is 1. The van der Waals surface area contributed by atoms with Gasteiger partial charge in [0.25, 0.3) is 0 Å². The fraction of sp³-hybridized carbons (Fsp3) is 0.0588. The van der Waals surface area contributed by atoms with Gasteiger partial charge in [0.2, 0.25) is 0 Å². The van der Waals surface area contributed by atoms with Crippen molar-refractivity contribution in [2.24, 2.45) is 0 Å². The number of hydrogen-bond acceptors (Lipinski definition) is 3. The maximum absolute atomic E-state index is 10.8. The van der Waals surface area contributed by atoms with E-state index in [1.807, 2.05) is 0 Å². The van der Waals surface area contributed by atoms with E-state index < -0.39 is 5.97 Å². The number of ether oxygens (including phenoxy) is 1. The lowest BCUT2D eigenvalue weighted by molar-refractivity contribution is -0.132. The molecule has 0 aliphatic carbocycles. The Morgan fingerprint density at radius 3 is 2.33 bits per heavy atom. The van der Waals surface area contributed by atoms with Crippen molar-refractivity contribution in [1.29, 1.82) is 5.26 Å². The largest absolute Gasteiger partial charge is 0.489 e. The molecule has 2 rings (SSSR count). The third kappa shape index (κ3) is 4.42. The molecule has 0 aliphatic rings. The number of halogens is 3. The highest BCUT2D eigenvalue weighted by Crippen LogP contribution is 2.32. The summed E-state index contributed by atoms with van der Waals surface area (Å²) in [4.78, 5) is 10.8. The Bertz CT molecular complexity index is 839. The molecule has 0 spiro atoms. The van der Waals surface area contributed by atoms with Crippen LogP contribution in [0.2, 0.25) is 15.1 Å². The van der Waals surface area contributed by atoms with E-state index in [1.54, 1.807) is 42.5 Å². The molecule has 0 saturated heterocycles. The first-order valence-electron chi connectivity index (χ1n) is 6.62. The Balaban J connectivity index is 2.12. The highest BCUT2D eigenvalue weighted by molar-refractivity contribution is 6.44. The Labute approximate surface area is 153 Å². The summed E-state index contributed by atoms with van der Waals surface area (Å²) in [5, 5.41) is 18.7. The van der Waals surface area contributed by atoms with Crippen molar-refractivity contribution in [1.82, 2.24) is 0 Å². The highest BCUT2D eigenvalue weighted by Gasteiger charge is 2.10. The fourth-order valence-electron chi connectivity index (χ4n) is 1.83. The zero-order valence-corrected chi connectivity index (χ0v) is 14.4. The first-order chi connectivity index (χ1) is 11.4. The topological polar surface area (TPSA) is 70.3 Å². The van der Waals surface area contributed by atoms with Crippen molar-refractivity contribution >= 4 is 46.8 Å². The third-order valence-corrected chi connectivity index (χ3v) is 4.26. The molecule has 2 aromatic rings. The van der Waals surface area contributed by atoms with Crippen LogP contribution >= 0.6 is 34.8 Å². The van der Waals surface area contributed by atoms with Gasteiger partial charge in [0.1, 0.15) is 24.0 Å². The number of benzene rings is 2. The van der Waals surface area contributed by atoms with E-state index in [9.17, 15) is 4.79 Å². The Kier molecular flexibility index (Phi) is 6.10. The predicted octanol–water partition coefficient (Wildman–Crippen LogP) is 5.22. The smallest absolute Gasteiger partial charge is 0.346 e. The first kappa shape index (κ1) is 18.2. The maximum Gasteiger partial charge on any atom is 0.346 e.